The highest BCUT2D eigenvalue weighted by Crippen LogP contribution is 2.26. The first-order valence-corrected chi connectivity index (χ1v) is 11.4. The molecule has 1 aliphatic rings. The first-order valence-electron chi connectivity index (χ1n) is 11.4. The van der Waals surface area contributed by atoms with Crippen molar-refractivity contribution in [2.75, 3.05) is 39.4 Å². The third kappa shape index (κ3) is 5.34. The van der Waals surface area contributed by atoms with E-state index in [1.54, 1.807) is 12.1 Å². The van der Waals surface area contributed by atoms with E-state index in [0.29, 0.717) is 13.0 Å². The Morgan fingerprint density at radius 3 is 2.66 bits per heavy atom. The summed E-state index contributed by atoms with van der Waals surface area (Å²) in [6, 6.07) is 14.0. The van der Waals surface area contributed by atoms with Crippen LogP contribution in [0.1, 0.15) is 37.2 Å². The lowest BCUT2D eigenvalue weighted by Gasteiger charge is -2.27. The Balaban J connectivity index is 1.57. The zero-order valence-corrected chi connectivity index (χ0v) is 18.6. The number of imidazole rings is 1. The Morgan fingerprint density at radius 2 is 1.91 bits per heavy atom. The number of nitrogens with zero attached hydrogens (tertiary/aromatic N) is 3. The molecule has 1 N–H and O–H groups in total. The molecule has 1 aliphatic heterocycles. The van der Waals surface area contributed by atoms with E-state index in [1.807, 2.05) is 24.3 Å². The second-order valence-corrected chi connectivity index (χ2v) is 8.24. The van der Waals surface area contributed by atoms with Crippen LogP contribution in [0, 0.1) is 5.82 Å². The smallest absolute Gasteiger partial charge is 0.243 e. The summed E-state index contributed by atoms with van der Waals surface area (Å²) in [5, 5.41) is 3.15. The van der Waals surface area contributed by atoms with E-state index in [2.05, 4.69) is 21.7 Å². The topological polar surface area (TPSA) is 59.4 Å². The zero-order valence-electron chi connectivity index (χ0n) is 18.6. The van der Waals surface area contributed by atoms with Crippen molar-refractivity contribution < 1.29 is 13.9 Å². The highest BCUT2D eigenvalue weighted by atomic mass is 19.1. The summed E-state index contributed by atoms with van der Waals surface area (Å²) >= 11 is 0. The predicted octanol–water partition coefficient (Wildman–Crippen LogP) is 3.56. The van der Waals surface area contributed by atoms with Crippen LogP contribution < -0.4 is 5.32 Å². The Bertz CT molecular complexity index is 1030. The average Bonchev–Trinajstić information content (AvgIpc) is 3.17. The molecule has 6 nitrogen and oxygen atoms in total. The third-order valence-electron chi connectivity index (χ3n) is 5.95. The van der Waals surface area contributed by atoms with Crippen LogP contribution in [0.25, 0.3) is 11.0 Å². The third-order valence-corrected chi connectivity index (χ3v) is 5.95. The minimum Gasteiger partial charge on any atom is -0.379 e. The molecule has 0 radical (unpaired) electrons. The molecule has 0 saturated carbocycles. The lowest BCUT2D eigenvalue weighted by Crippen LogP contribution is -2.42. The number of carbonyl (C=O) groups excluding carboxylic acids is 1. The van der Waals surface area contributed by atoms with Crippen molar-refractivity contribution >= 4 is 16.9 Å². The average molecular weight is 439 g/mol. The van der Waals surface area contributed by atoms with Gasteiger partial charge < -0.3 is 14.6 Å². The quantitative estimate of drug-likeness (QED) is 0.555. The fraction of sp³-hybridized carbons (Fsp3) is 0.440. The number of amides is 1. The molecule has 0 spiro atoms. The maximum absolute atomic E-state index is 13.4. The predicted molar refractivity (Wildman–Crippen MR) is 123 cm³/mol. The van der Waals surface area contributed by atoms with E-state index in [0.717, 1.165) is 68.1 Å². The van der Waals surface area contributed by atoms with Crippen LogP contribution in [0.3, 0.4) is 0 Å². The fourth-order valence-corrected chi connectivity index (χ4v) is 4.28. The van der Waals surface area contributed by atoms with Gasteiger partial charge in [-0.05, 0) is 36.2 Å². The van der Waals surface area contributed by atoms with Crippen LogP contribution >= 0.6 is 0 Å². The molecule has 170 valence electrons. The number of rotatable bonds is 9. The first kappa shape index (κ1) is 22.4. The highest BCUT2D eigenvalue weighted by Gasteiger charge is 2.25. The molecule has 1 saturated heterocycles. The van der Waals surface area contributed by atoms with Gasteiger partial charge in [0.25, 0.3) is 0 Å². The Labute approximate surface area is 188 Å². The van der Waals surface area contributed by atoms with Gasteiger partial charge in [0.1, 0.15) is 17.7 Å². The van der Waals surface area contributed by atoms with Crippen molar-refractivity contribution in [1.29, 1.82) is 0 Å². The first-order chi connectivity index (χ1) is 15.7. The molecule has 1 atom stereocenters. The highest BCUT2D eigenvalue weighted by molar-refractivity contribution is 5.84. The zero-order chi connectivity index (χ0) is 22.3. The van der Waals surface area contributed by atoms with Gasteiger partial charge in [0, 0.05) is 32.6 Å². The van der Waals surface area contributed by atoms with E-state index >= 15 is 0 Å². The molecular weight excluding hydrogens is 407 g/mol. The number of para-hydroxylation sites is 2. The lowest BCUT2D eigenvalue weighted by atomic mass is 10.1. The molecule has 0 bridgehead atoms. The van der Waals surface area contributed by atoms with Gasteiger partial charge >= 0.3 is 0 Å². The van der Waals surface area contributed by atoms with Gasteiger partial charge in [-0.1, -0.05) is 37.6 Å². The molecule has 2 heterocycles. The molecule has 4 rings (SSSR count). The summed E-state index contributed by atoms with van der Waals surface area (Å²) in [7, 11) is 0. The number of benzene rings is 2. The maximum atomic E-state index is 13.4. The van der Waals surface area contributed by atoms with Crippen molar-refractivity contribution in [2.45, 2.75) is 32.2 Å². The van der Waals surface area contributed by atoms with Gasteiger partial charge in [0.2, 0.25) is 5.91 Å². The molecule has 2 aromatic carbocycles. The lowest BCUT2D eigenvalue weighted by molar-refractivity contribution is -0.124. The van der Waals surface area contributed by atoms with Gasteiger partial charge in [-0.15, -0.1) is 0 Å². The molecule has 32 heavy (non-hydrogen) atoms. The van der Waals surface area contributed by atoms with E-state index < -0.39 is 0 Å². The minimum absolute atomic E-state index is 0.0172. The maximum Gasteiger partial charge on any atom is 0.243 e. The van der Waals surface area contributed by atoms with Crippen LogP contribution in [0.2, 0.25) is 0 Å². The number of aromatic nitrogens is 2. The standard InChI is InChI=1S/C25H31FN4O2/c1-2-5-23(25(31)27-12-13-29-14-16-32-17-15-29)30-22-7-4-3-6-21(22)28-24(30)18-19-8-10-20(26)11-9-19/h3-4,6-11,23H,2,5,12-18H2,1H3,(H,27,31)/t23-/m0/s1. The van der Waals surface area contributed by atoms with Crippen LogP contribution in [0.15, 0.2) is 48.5 Å². The van der Waals surface area contributed by atoms with Crippen molar-refractivity contribution in [1.82, 2.24) is 19.8 Å². The molecule has 1 fully saturated rings. The molecular formula is C25H31FN4O2. The van der Waals surface area contributed by atoms with Crippen LogP contribution in [-0.4, -0.2) is 59.8 Å². The summed E-state index contributed by atoms with van der Waals surface area (Å²) in [5.74, 6) is 0.578. The summed E-state index contributed by atoms with van der Waals surface area (Å²) in [4.78, 5) is 20.5. The second-order valence-electron chi connectivity index (χ2n) is 8.24. The van der Waals surface area contributed by atoms with Crippen LogP contribution in [-0.2, 0) is 16.0 Å². The molecule has 1 amide bonds. The summed E-state index contributed by atoms with van der Waals surface area (Å²) in [6.07, 6.45) is 2.14. The normalized spacial score (nSPS) is 15.7. The van der Waals surface area contributed by atoms with Gasteiger partial charge in [-0.2, -0.15) is 0 Å². The van der Waals surface area contributed by atoms with Gasteiger partial charge in [0.05, 0.1) is 24.2 Å². The monoisotopic (exact) mass is 438 g/mol. The number of fused-ring (bicyclic) bond motifs is 1. The molecule has 7 heteroatoms. The number of ether oxygens (including phenoxy) is 1. The van der Waals surface area contributed by atoms with Crippen LogP contribution in [0.5, 0.6) is 0 Å². The summed E-state index contributed by atoms with van der Waals surface area (Å²) in [6.45, 7) is 6.83. The number of hydrogen-bond acceptors (Lipinski definition) is 4. The molecule has 0 aliphatic carbocycles. The largest absolute Gasteiger partial charge is 0.379 e. The molecule has 1 aromatic heterocycles. The van der Waals surface area contributed by atoms with E-state index in [9.17, 15) is 9.18 Å². The molecule has 3 aromatic rings. The minimum atomic E-state index is -0.340. The van der Waals surface area contributed by atoms with Crippen molar-refractivity contribution in [2.24, 2.45) is 0 Å². The van der Waals surface area contributed by atoms with Gasteiger partial charge in [-0.3, -0.25) is 9.69 Å². The van der Waals surface area contributed by atoms with E-state index in [1.165, 1.54) is 12.1 Å². The number of halogens is 1. The Hall–Kier alpha value is -2.77. The second kappa shape index (κ2) is 10.7. The van der Waals surface area contributed by atoms with E-state index in [-0.39, 0.29) is 17.8 Å². The summed E-state index contributed by atoms with van der Waals surface area (Å²) in [5.41, 5.74) is 2.78. The van der Waals surface area contributed by atoms with Crippen LogP contribution in [0.4, 0.5) is 4.39 Å². The Kier molecular flexibility index (Phi) is 7.50. The number of nitrogens with one attached hydrogen (secondary N) is 1. The number of morpholine rings is 1. The fourth-order valence-electron chi connectivity index (χ4n) is 4.28. The van der Waals surface area contributed by atoms with E-state index in [4.69, 9.17) is 9.72 Å². The SMILES string of the molecule is CCC[C@@H](C(=O)NCCN1CCOCC1)n1c(Cc2ccc(F)cc2)nc2ccccc21. The number of hydrogen-bond donors (Lipinski definition) is 1. The van der Waals surface area contributed by atoms with Gasteiger partial charge in [-0.25, -0.2) is 9.37 Å². The van der Waals surface area contributed by atoms with Crippen molar-refractivity contribution in [3.05, 3.63) is 65.7 Å². The Morgan fingerprint density at radius 1 is 1.16 bits per heavy atom. The van der Waals surface area contributed by atoms with Crippen molar-refractivity contribution in [3.8, 4) is 0 Å². The van der Waals surface area contributed by atoms with Crippen molar-refractivity contribution in [3.63, 3.8) is 0 Å². The molecule has 0 unspecified atom stereocenters. The summed E-state index contributed by atoms with van der Waals surface area (Å²) < 4.78 is 20.8. The van der Waals surface area contributed by atoms with Gasteiger partial charge in [0.15, 0.2) is 0 Å². The number of carbonyl (C=O) groups is 1.